The Labute approximate surface area is 200 Å². The number of anilines is 1. The molecule has 0 bridgehead atoms. The number of aromatic amines is 1. The maximum atomic E-state index is 13.1. The van der Waals surface area contributed by atoms with E-state index in [1.165, 1.54) is 12.1 Å². The van der Waals surface area contributed by atoms with Crippen molar-refractivity contribution in [2.45, 2.75) is 31.7 Å². The van der Waals surface area contributed by atoms with E-state index >= 15 is 0 Å². The van der Waals surface area contributed by atoms with E-state index in [2.05, 4.69) is 15.2 Å². The Balaban J connectivity index is 1.24. The second-order valence-electron chi connectivity index (χ2n) is 8.38. The molecule has 0 spiro atoms. The number of ether oxygens (including phenoxy) is 1. The topological polar surface area (TPSA) is 91.4 Å². The molecule has 1 saturated heterocycles. The van der Waals surface area contributed by atoms with E-state index in [1.54, 1.807) is 40.1 Å². The Bertz CT molecular complexity index is 1220. The van der Waals surface area contributed by atoms with Gasteiger partial charge in [-0.25, -0.2) is 9.37 Å². The highest BCUT2D eigenvalue weighted by molar-refractivity contribution is 6.31. The molecular formula is C24H23ClFN5O3. The molecule has 1 aromatic heterocycles. The normalized spacial score (nSPS) is 17.6. The van der Waals surface area contributed by atoms with Crippen LogP contribution < -0.4 is 9.64 Å². The molecule has 2 aliphatic heterocycles. The van der Waals surface area contributed by atoms with Crippen LogP contribution in [-0.4, -0.2) is 51.6 Å². The number of H-pyrrole nitrogens is 1. The summed E-state index contributed by atoms with van der Waals surface area (Å²) in [5.74, 6) is 1.25. The van der Waals surface area contributed by atoms with Gasteiger partial charge < -0.3 is 14.5 Å². The van der Waals surface area contributed by atoms with Crippen LogP contribution in [0.1, 0.15) is 42.5 Å². The number of aromatic nitrogens is 3. The zero-order valence-electron chi connectivity index (χ0n) is 18.3. The number of halogens is 2. The predicted molar refractivity (Wildman–Crippen MR) is 123 cm³/mol. The predicted octanol–water partition coefficient (Wildman–Crippen LogP) is 3.67. The molecule has 2 amide bonds. The van der Waals surface area contributed by atoms with Crippen LogP contribution in [-0.2, 0) is 16.0 Å². The van der Waals surface area contributed by atoms with Gasteiger partial charge in [-0.2, -0.15) is 5.10 Å². The molecule has 1 fully saturated rings. The standard InChI is InChI=1S/C24H23ClFN5O3/c25-16-5-8-20-19(13-16)31(23(33)14-34-20)11-9-22(32)30-10-1-2-18(30)24-27-21(28-29-24)12-15-3-6-17(26)7-4-15/h3-8,13,18H,1-2,9-12,14H2,(H,27,28,29). The fourth-order valence-electron chi connectivity index (χ4n) is 4.44. The number of carbonyl (C=O) groups is 2. The number of hydrogen-bond donors (Lipinski definition) is 1. The molecule has 0 aliphatic carbocycles. The molecule has 34 heavy (non-hydrogen) atoms. The number of nitrogens with zero attached hydrogens (tertiary/aromatic N) is 4. The Kier molecular flexibility index (Phi) is 6.19. The van der Waals surface area contributed by atoms with Crippen LogP contribution in [0.15, 0.2) is 42.5 Å². The second kappa shape index (κ2) is 9.42. The van der Waals surface area contributed by atoms with E-state index < -0.39 is 0 Å². The van der Waals surface area contributed by atoms with Gasteiger partial charge in [-0.05, 0) is 48.7 Å². The van der Waals surface area contributed by atoms with E-state index in [1.807, 2.05) is 0 Å². The fourth-order valence-corrected chi connectivity index (χ4v) is 4.61. The number of nitrogens with one attached hydrogen (secondary N) is 1. The second-order valence-corrected chi connectivity index (χ2v) is 8.82. The summed E-state index contributed by atoms with van der Waals surface area (Å²) < 4.78 is 18.6. The Morgan fingerprint density at radius 2 is 2.06 bits per heavy atom. The van der Waals surface area contributed by atoms with Crippen molar-refractivity contribution < 1.29 is 18.7 Å². The van der Waals surface area contributed by atoms with Crippen molar-refractivity contribution in [2.75, 3.05) is 24.6 Å². The van der Waals surface area contributed by atoms with Crippen molar-refractivity contribution in [3.63, 3.8) is 0 Å². The first-order valence-electron chi connectivity index (χ1n) is 11.2. The highest BCUT2D eigenvalue weighted by atomic mass is 35.5. The summed E-state index contributed by atoms with van der Waals surface area (Å²) in [6.07, 6.45) is 2.29. The molecule has 8 nitrogen and oxygen atoms in total. The van der Waals surface area contributed by atoms with Crippen LogP contribution in [0.5, 0.6) is 5.75 Å². The minimum Gasteiger partial charge on any atom is -0.482 e. The molecule has 10 heteroatoms. The van der Waals surface area contributed by atoms with Gasteiger partial charge >= 0.3 is 0 Å². The summed E-state index contributed by atoms with van der Waals surface area (Å²) in [4.78, 5) is 33.5. The van der Waals surface area contributed by atoms with Gasteiger partial charge in [-0.3, -0.25) is 14.7 Å². The lowest BCUT2D eigenvalue weighted by Gasteiger charge is -2.30. The van der Waals surface area contributed by atoms with Crippen molar-refractivity contribution in [1.82, 2.24) is 20.1 Å². The molecule has 0 radical (unpaired) electrons. The average Bonchev–Trinajstić information content (AvgIpc) is 3.49. The molecule has 2 aromatic carbocycles. The minimum absolute atomic E-state index is 0.0599. The molecule has 1 unspecified atom stereocenters. The molecule has 2 aliphatic rings. The first-order chi connectivity index (χ1) is 16.5. The van der Waals surface area contributed by atoms with Crippen LogP contribution in [0.2, 0.25) is 5.02 Å². The lowest BCUT2D eigenvalue weighted by atomic mass is 10.1. The first-order valence-corrected chi connectivity index (χ1v) is 11.5. The number of amides is 2. The van der Waals surface area contributed by atoms with Crippen molar-refractivity contribution in [1.29, 1.82) is 0 Å². The van der Waals surface area contributed by atoms with Crippen molar-refractivity contribution in [3.8, 4) is 5.75 Å². The number of fused-ring (bicyclic) bond motifs is 1. The zero-order chi connectivity index (χ0) is 23.7. The maximum Gasteiger partial charge on any atom is 0.265 e. The van der Waals surface area contributed by atoms with Gasteiger partial charge in [0.25, 0.3) is 5.91 Å². The Morgan fingerprint density at radius 3 is 2.88 bits per heavy atom. The average molecular weight is 484 g/mol. The zero-order valence-corrected chi connectivity index (χ0v) is 19.1. The molecule has 3 heterocycles. The van der Waals surface area contributed by atoms with Crippen LogP contribution in [0, 0.1) is 5.82 Å². The quantitative estimate of drug-likeness (QED) is 0.577. The molecule has 1 N–H and O–H groups in total. The number of rotatable bonds is 6. The van der Waals surface area contributed by atoms with Crippen LogP contribution in [0.4, 0.5) is 10.1 Å². The molecule has 3 aromatic rings. The molecule has 1 atom stereocenters. The first kappa shape index (κ1) is 22.3. The van der Waals surface area contributed by atoms with Crippen LogP contribution >= 0.6 is 11.6 Å². The molecule has 0 saturated carbocycles. The van der Waals surface area contributed by atoms with E-state index in [4.69, 9.17) is 16.3 Å². The van der Waals surface area contributed by atoms with Crippen molar-refractivity contribution in [2.24, 2.45) is 0 Å². The largest absolute Gasteiger partial charge is 0.482 e. The van der Waals surface area contributed by atoms with E-state index in [0.717, 1.165) is 18.4 Å². The van der Waals surface area contributed by atoms with Gasteiger partial charge in [0, 0.05) is 31.0 Å². The van der Waals surface area contributed by atoms with Gasteiger partial charge in [0.15, 0.2) is 12.4 Å². The lowest BCUT2D eigenvalue weighted by molar-refractivity contribution is -0.132. The Hall–Kier alpha value is -3.46. The minimum atomic E-state index is -0.285. The summed E-state index contributed by atoms with van der Waals surface area (Å²) in [6, 6.07) is 11.1. The number of carbonyl (C=O) groups excluding carboxylic acids is 2. The van der Waals surface area contributed by atoms with Crippen molar-refractivity contribution >= 4 is 29.1 Å². The maximum absolute atomic E-state index is 13.1. The number of likely N-dealkylation sites (tertiary alicyclic amines) is 1. The van der Waals surface area contributed by atoms with E-state index in [9.17, 15) is 14.0 Å². The molecule has 5 rings (SSSR count). The molecular weight excluding hydrogens is 461 g/mol. The monoisotopic (exact) mass is 483 g/mol. The molecule has 176 valence electrons. The summed E-state index contributed by atoms with van der Waals surface area (Å²) in [7, 11) is 0. The van der Waals surface area contributed by atoms with Crippen molar-refractivity contribution in [3.05, 3.63) is 70.5 Å². The smallest absolute Gasteiger partial charge is 0.265 e. The van der Waals surface area contributed by atoms with Gasteiger partial charge in [0.1, 0.15) is 17.4 Å². The lowest BCUT2D eigenvalue weighted by Crippen LogP contribution is -2.41. The van der Waals surface area contributed by atoms with E-state index in [0.29, 0.717) is 41.1 Å². The third-order valence-electron chi connectivity index (χ3n) is 6.12. The summed E-state index contributed by atoms with van der Waals surface area (Å²) >= 11 is 6.10. The summed E-state index contributed by atoms with van der Waals surface area (Å²) in [5.41, 5.74) is 1.49. The van der Waals surface area contributed by atoms with Gasteiger partial charge in [0.2, 0.25) is 5.91 Å². The number of hydrogen-bond acceptors (Lipinski definition) is 5. The van der Waals surface area contributed by atoms with Gasteiger partial charge in [-0.15, -0.1) is 0 Å². The highest BCUT2D eigenvalue weighted by Crippen LogP contribution is 2.35. The summed E-state index contributed by atoms with van der Waals surface area (Å²) in [5, 5.41) is 7.78. The van der Waals surface area contributed by atoms with Gasteiger partial charge in [-0.1, -0.05) is 23.7 Å². The van der Waals surface area contributed by atoms with E-state index in [-0.39, 0.29) is 43.2 Å². The fraction of sp³-hybridized carbons (Fsp3) is 0.333. The third-order valence-corrected chi connectivity index (χ3v) is 6.35. The highest BCUT2D eigenvalue weighted by Gasteiger charge is 2.34. The third kappa shape index (κ3) is 4.61. The number of benzene rings is 2. The Morgan fingerprint density at radius 1 is 1.24 bits per heavy atom. The van der Waals surface area contributed by atoms with Gasteiger partial charge in [0.05, 0.1) is 11.7 Å². The van der Waals surface area contributed by atoms with Crippen LogP contribution in [0.3, 0.4) is 0 Å². The SMILES string of the molecule is O=C1COc2ccc(Cl)cc2N1CCC(=O)N1CCCC1c1n[nH]c(Cc2ccc(F)cc2)n1. The van der Waals surface area contributed by atoms with Crippen LogP contribution in [0.25, 0.3) is 0 Å². The summed E-state index contributed by atoms with van der Waals surface area (Å²) in [6.45, 7) is 0.787.